The van der Waals surface area contributed by atoms with Crippen molar-refractivity contribution in [1.29, 1.82) is 0 Å². The molecule has 3 N–H and O–H groups in total. The summed E-state index contributed by atoms with van der Waals surface area (Å²) in [4.78, 5) is 32.5. The van der Waals surface area contributed by atoms with Gasteiger partial charge < -0.3 is 25.8 Å². The Morgan fingerprint density at radius 1 is 1.16 bits per heavy atom. The van der Waals surface area contributed by atoms with Crippen molar-refractivity contribution in [1.82, 2.24) is 25.8 Å². The van der Waals surface area contributed by atoms with E-state index < -0.39 is 0 Å². The molecule has 31 heavy (non-hydrogen) atoms. The highest BCUT2D eigenvalue weighted by molar-refractivity contribution is 5.97. The van der Waals surface area contributed by atoms with Crippen molar-refractivity contribution in [2.75, 3.05) is 52.9 Å². The number of likely N-dealkylation sites (tertiary alicyclic amines) is 1. The Hall–Kier alpha value is -2.61. The number of hydrogen-bond donors (Lipinski definition) is 3. The predicted octanol–water partition coefficient (Wildman–Crippen LogP) is 1.05. The van der Waals surface area contributed by atoms with Gasteiger partial charge in [-0.15, -0.1) is 0 Å². The van der Waals surface area contributed by atoms with Crippen molar-refractivity contribution in [2.24, 2.45) is 10.9 Å². The third kappa shape index (κ3) is 7.24. The number of nitrogens with zero attached hydrogens (tertiary/aromatic N) is 3. The van der Waals surface area contributed by atoms with E-state index in [9.17, 15) is 9.59 Å². The number of hydrogen-bond acceptors (Lipinski definition) is 4. The van der Waals surface area contributed by atoms with Gasteiger partial charge in [-0.2, -0.15) is 0 Å². The van der Waals surface area contributed by atoms with Crippen LogP contribution in [0.25, 0.3) is 0 Å². The first kappa shape index (κ1) is 23.1. The maximum atomic E-state index is 12.5. The third-order valence-electron chi connectivity index (χ3n) is 6.03. The van der Waals surface area contributed by atoms with Crippen LogP contribution in [0.4, 0.5) is 0 Å². The Bertz CT molecular complexity index is 756. The lowest BCUT2D eigenvalue weighted by molar-refractivity contribution is -0.123. The fourth-order valence-corrected chi connectivity index (χ4v) is 3.96. The van der Waals surface area contributed by atoms with Crippen molar-refractivity contribution in [2.45, 2.75) is 32.7 Å². The molecule has 0 spiro atoms. The van der Waals surface area contributed by atoms with E-state index in [4.69, 9.17) is 0 Å². The van der Waals surface area contributed by atoms with Gasteiger partial charge in [0.2, 0.25) is 5.91 Å². The second kappa shape index (κ2) is 11.7. The van der Waals surface area contributed by atoms with Gasteiger partial charge in [-0.3, -0.25) is 14.6 Å². The van der Waals surface area contributed by atoms with Crippen LogP contribution in [0, 0.1) is 5.92 Å². The summed E-state index contributed by atoms with van der Waals surface area (Å²) in [5.41, 5.74) is 1.67. The first-order chi connectivity index (χ1) is 15.0. The molecule has 3 rings (SSSR count). The number of piperazine rings is 1. The minimum absolute atomic E-state index is 0.102. The molecule has 0 saturated carbocycles. The second-order valence-corrected chi connectivity index (χ2v) is 8.50. The zero-order chi connectivity index (χ0) is 22.1. The summed E-state index contributed by atoms with van der Waals surface area (Å²) in [6.45, 7) is 8.62. The molecule has 2 saturated heterocycles. The molecule has 0 radical (unpaired) electrons. The number of carbonyl (C=O) groups is 2. The molecule has 0 aromatic heterocycles. The van der Waals surface area contributed by atoms with Gasteiger partial charge in [-0.25, -0.2) is 0 Å². The zero-order valence-electron chi connectivity index (χ0n) is 18.8. The zero-order valence-corrected chi connectivity index (χ0v) is 18.8. The highest BCUT2D eigenvalue weighted by atomic mass is 16.2. The maximum absolute atomic E-state index is 12.5. The van der Waals surface area contributed by atoms with Crippen molar-refractivity contribution in [3.8, 4) is 0 Å². The smallest absolute Gasteiger partial charge is 0.254 e. The van der Waals surface area contributed by atoms with Crippen molar-refractivity contribution >= 4 is 17.8 Å². The van der Waals surface area contributed by atoms with Crippen LogP contribution in [0.3, 0.4) is 0 Å². The monoisotopic (exact) mass is 428 g/mol. The molecule has 2 amide bonds. The van der Waals surface area contributed by atoms with Crippen LogP contribution in [0.5, 0.6) is 0 Å². The van der Waals surface area contributed by atoms with E-state index in [1.165, 1.54) is 25.9 Å². The average molecular weight is 429 g/mol. The van der Waals surface area contributed by atoms with Crippen LogP contribution in [-0.2, 0) is 11.3 Å². The number of aliphatic imine (C=N–C) groups is 1. The number of amides is 2. The van der Waals surface area contributed by atoms with Gasteiger partial charge in [0.25, 0.3) is 5.91 Å². The fourth-order valence-electron chi connectivity index (χ4n) is 3.96. The van der Waals surface area contributed by atoms with Crippen LogP contribution >= 0.6 is 0 Å². The fraction of sp³-hybridized carbons (Fsp3) is 0.609. The lowest BCUT2D eigenvalue weighted by atomic mass is 9.99. The van der Waals surface area contributed by atoms with Crippen LogP contribution in [-0.4, -0.2) is 80.4 Å². The summed E-state index contributed by atoms with van der Waals surface area (Å²) in [5.74, 6) is 1.45. The molecule has 2 aliphatic heterocycles. The van der Waals surface area contributed by atoms with Crippen molar-refractivity contribution in [3.63, 3.8) is 0 Å². The van der Waals surface area contributed by atoms with E-state index in [0.29, 0.717) is 25.2 Å². The molecule has 0 bridgehead atoms. The first-order valence-electron chi connectivity index (χ1n) is 11.4. The molecule has 0 atom stereocenters. The lowest BCUT2D eigenvalue weighted by Crippen LogP contribution is -2.49. The van der Waals surface area contributed by atoms with Gasteiger partial charge in [-0.1, -0.05) is 19.1 Å². The van der Waals surface area contributed by atoms with Gasteiger partial charge in [0.1, 0.15) is 0 Å². The van der Waals surface area contributed by atoms with E-state index >= 15 is 0 Å². The Labute approximate surface area is 185 Å². The molecule has 2 aliphatic rings. The maximum Gasteiger partial charge on any atom is 0.254 e. The summed E-state index contributed by atoms with van der Waals surface area (Å²) in [7, 11) is 1.78. The summed E-state index contributed by atoms with van der Waals surface area (Å²) in [5, 5.41) is 9.44. The van der Waals surface area contributed by atoms with Gasteiger partial charge in [0, 0.05) is 38.8 Å². The number of nitrogens with one attached hydrogen (secondary N) is 3. The minimum atomic E-state index is -0.107. The molecule has 0 unspecified atom stereocenters. The van der Waals surface area contributed by atoms with Crippen LogP contribution in [0.2, 0.25) is 0 Å². The quantitative estimate of drug-likeness (QED) is 0.343. The molecular weight excluding hydrogens is 392 g/mol. The number of guanidine groups is 1. The molecule has 2 fully saturated rings. The molecule has 2 heterocycles. The van der Waals surface area contributed by atoms with Crippen molar-refractivity contribution in [3.05, 3.63) is 35.4 Å². The summed E-state index contributed by atoms with van der Waals surface area (Å²) < 4.78 is 0. The van der Waals surface area contributed by atoms with E-state index in [1.807, 2.05) is 24.3 Å². The number of benzene rings is 1. The van der Waals surface area contributed by atoms with Gasteiger partial charge >= 0.3 is 0 Å². The topological polar surface area (TPSA) is 89.1 Å². The molecular formula is C23H36N6O2. The third-order valence-corrected chi connectivity index (χ3v) is 6.03. The standard InChI is InChI=1S/C23H36N6O2/c1-18-8-13-28(14-9-18)12-3-10-26-23(24-2)27-16-19-4-6-20(7-5-19)22(31)29-15-11-25-21(30)17-29/h4-7,18H,3,8-17H2,1-2H3,(H,25,30)(H2,24,26,27). The predicted molar refractivity (Wildman–Crippen MR) is 123 cm³/mol. The Balaban J connectivity index is 1.37. The molecule has 1 aromatic carbocycles. The number of piperidine rings is 1. The molecule has 170 valence electrons. The Morgan fingerprint density at radius 2 is 1.90 bits per heavy atom. The SMILES string of the molecule is CN=C(NCCCN1CCC(C)CC1)NCc1ccc(C(=O)N2CCNC(=O)C2)cc1. The first-order valence-corrected chi connectivity index (χ1v) is 11.4. The lowest BCUT2D eigenvalue weighted by Gasteiger charge is -2.30. The van der Waals surface area contributed by atoms with Crippen LogP contribution in [0.1, 0.15) is 42.1 Å². The number of rotatable bonds is 7. The largest absolute Gasteiger partial charge is 0.356 e. The number of carbonyl (C=O) groups excluding carboxylic acids is 2. The molecule has 8 heteroatoms. The van der Waals surface area contributed by atoms with Gasteiger partial charge in [0.05, 0.1) is 6.54 Å². The van der Waals surface area contributed by atoms with Crippen LogP contribution in [0.15, 0.2) is 29.3 Å². The average Bonchev–Trinajstić information content (AvgIpc) is 2.79. The van der Waals surface area contributed by atoms with Crippen molar-refractivity contribution < 1.29 is 9.59 Å². The summed E-state index contributed by atoms with van der Waals surface area (Å²) in [6.07, 6.45) is 3.73. The van der Waals surface area contributed by atoms with E-state index in [0.717, 1.165) is 37.0 Å². The minimum Gasteiger partial charge on any atom is -0.356 e. The normalized spacial score (nSPS) is 18.6. The van der Waals surface area contributed by atoms with Crippen LogP contribution < -0.4 is 16.0 Å². The highest BCUT2D eigenvalue weighted by Gasteiger charge is 2.22. The Kier molecular flexibility index (Phi) is 8.70. The van der Waals surface area contributed by atoms with E-state index in [-0.39, 0.29) is 18.4 Å². The van der Waals surface area contributed by atoms with E-state index in [2.05, 4.69) is 32.8 Å². The second-order valence-electron chi connectivity index (χ2n) is 8.50. The molecule has 8 nitrogen and oxygen atoms in total. The molecule has 0 aliphatic carbocycles. The summed E-state index contributed by atoms with van der Waals surface area (Å²) >= 11 is 0. The summed E-state index contributed by atoms with van der Waals surface area (Å²) in [6, 6.07) is 7.52. The van der Waals surface area contributed by atoms with Gasteiger partial charge in [-0.05, 0) is 62.5 Å². The van der Waals surface area contributed by atoms with E-state index in [1.54, 1.807) is 11.9 Å². The van der Waals surface area contributed by atoms with Gasteiger partial charge in [0.15, 0.2) is 5.96 Å². The highest BCUT2D eigenvalue weighted by Crippen LogP contribution is 2.15. The Morgan fingerprint density at radius 3 is 2.58 bits per heavy atom. The molecule has 1 aromatic rings.